The van der Waals surface area contributed by atoms with Crippen LogP contribution in [0.25, 0.3) is 10.8 Å². The van der Waals surface area contributed by atoms with E-state index in [0.717, 1.165) is 21.2 Å². The van der Waals surface area contributed by atoms with Crippen LogP contribution in [0.15, 0.2) is 66.7 Å². The van der Waals surface area contributed by atoms with Crippen LogP contribution in [0.5, 0.6) is 0 Å². The van der Waals surface area contributed by atoms with Crippen molar-refractivity contribution in [2.24, 2.45) is 0 Å². The number of nitrogens with one attached hydrogen (secondary N) is 2. The molecule has 0 radical (unpaired) electrons. The summed E-state index contributed by atoms with van der Waals surface area (Å²) in [6.45, 7) is 2.98. The van der Waals surface area contributed by atoms with E-state index in [1.807, 2.05) is 49.4 Å². The number of rotatable bonds is 5. The van der Waals surface area contributed by atoms with Crippen LogP contribution in [0.2, 0.25) is 0 Å². The molecule has 4 rings (SSSR count). The van der Waals surface area contributed by atoms with Crippen LogP contribution in [0.4, 0.5) is 9.18 Å². The first kappa shape index (κ1) is 20.5. The third-order valence-electron chi connectivity index (χ3n) is 5.65. The summed E-state index contributed by atoms with van der Waals surface area (Å²) in [5.74, 6) is -1.45. The third-order valence-corrected chi connectivity index (χ3v) is 5.65. The molecule has 0 spiro atoms. The van der Waals surface area contributed by atoms with Crippen LogP contribution in [-0.4, -0.2) is 29.3 Å². The largest absolute Gasteiger partial charge is 0.348 e. The van der Waals surface area contributed by atoms with Gasteiger partial charge in [0.2, 0.25) is 5.91 Å². The summed E-state index contributed by atoms with van der Waals surface area (Å²) in [6.07, 6.45) is 0. The van der Waals surface area contributed by atoms with Gasteiger partial charge >= 0.3 is 6.03 Å². The number of hydrogen-bond donors (Lipinski definition) is 2. The molecule has 0 bridgehead atoms. The summed E-state index contributed by atoms with van der Waals surface area (Å²) in [5, 5.41) is 7.61. The first-order valence-electron chi connectivity index (χ1n) is 9.96. The van der Waals surface area contributed by atoms with E-state index in [1.165, 1.54) is 31.2 Å². The summed E-state index contributed by atoms with van der Waals surface area (Å²) in [5.41, 5.74) is 0.00904. The molecule has 0 aromatic heterocycles. The quantitative estimate of drug-likeness (QED) is 0.620. The number of halogens is 1. The van der Waals surface area contributed by atoms with Crippen LogP contribution in [0, 0.1) is 5.82 Å². The molecule has 2 atom stereocenters. The second-order valence-corrected chi connectivity index (χ2v) is 7.85. The van der Waals surface area contributed by atoms with Gasteiger partial charge < -0.3 is 10.6 Å². The second kappa shape index (κ2) is 7.83. The fourth-order valence-corrected chi connectivity index (χ4v) is 3.81. The average molecular weight is 419 g/mol. The van der Waals surface area contributed by atoms with E-state index in [9.17, 15) is 18.8 Å². The van der Waals surface area contributed by atoms with Gasteiger partial charge in [-0.05, 0) is 53.9 Å². The minimum absolute atomic E-state index is 0.304. The first-order valence-corrected chi connectivity index (χ1v) is 9.96. The van der Waals surface area contributed by atoms with Gasteiger partial charge in [0.25, 0.3) is 5.91 Å². The first-order chi connectivity index (χ1) is 14.8. The van der Waals surface area contributed by atoms with E-state index in [1.54, 1.807) is 0 Å². The van der Waals surface area contributed by atoms with Crippen LogP contribution < -0.4 is 10.6 Å². The van der Waals surface area contributed by atoms with Crippen LogP contribution in [0.3, 0.4) is 0 Å². The van der Waals surface area contributed by atoms with Crippen molar-refractivity contribution in [3.05, 3.63) is 83.7 Å². The number of nitrogens with zero attached hydrogens (tertiary/aromatic N) is 1. The fourth-order valence-electron chi connectivity index (χ4n) is 3.81. The highest BCUT2D eigenvalue weighted by molar-refractivity contribution is 6.09. The second-order valence-electron chi connectivity index (χ2n) is 7.85. The molecular weight excluding hydrogens is 397 g/mol. The van der Waals surface area contributed by atoms with E-state index in [-0.39, 0.29) is 6.04 Å². The number of imide groups is 1. The Bertz CT molecular complexity index is 1180. The minimum atomic E-state index is -1.35. The van der Waals surface area contributed by atoms with Crippen molar-refractivity contribution in [2.75, 3.05) is 6.54 Å². The summed E-state index contributed by atoms with van der Waals surface area (Å²) in [6, 6.07) is 18.2. The average Bonchev–Trinajstić information content (AvgIpc) is 2.97. The van der Waals surface area contributed by atoms with E-state index in [4.69, 9.17) is 0 Å². The molecule has 1 fully saturated rings. The lowest BCUT2D eigenvalue weighted by atomic mass is 9.92. The normalized spacial score (nSPS) is 19.4. The molecule has 0 saturated carbocycles. The summed E-state index contributed by atoms with van der Waals surface area (Å²) >= 11 is 0. The van der Waals surface area contributed by atoms with Crippen molar-refractivity contribution >= 4 is 28.6 Å². The Labute approximate surface area is 179 Å². The van der Waals surface area contributed by atoms with E-state index < -0.39 is 35.7 Å². The zero-order valence-electron chi connectivity index (χ0n) is 17.2. The maximum absolute atomic E-state index is 13.2. The summed E-state index contributed by atoms with van der Waals surface area (Å²) < 4.78 is 13.2. The van der Waals surface area contributed by atoms with Gasteiger partial charge in [0.05, 0.1) is 6.04 Å². The van der Waals surface area contributed by atoms with Gasteiger partial charge in [0, 0.05) is 0 Å². The Morgan fingerprint density at radius 1 is 1.06 bits per heavy atom. The molecule has 4 amide bonds. The van der Waals surface area contributed by atoms with Crippen molar-refractivity contribution in [2.45, 2.75) is 25.4 Å². The number of hydrogen-bond acceptors (Lipinski definition) is 3. The number of urea groups is 1. The highest BCUT2D eigenvalue weighted by Crippen LogP contribution is 2.29. The zero-order chi connectivity index (χ0) is 22.2. The third kappa shape index (κ3) is 3.86. The van der Waals surface area contributed by atoms with Crippen LogP contribution in [0.1, 0.15) is 31.0 Å². The molecule has 2 N–H and O–H groups in total. The van der Waals surface area contributed by atoms with Crippen LogP contribution in [-0.2, 0) is 15.1 Å². The van der Waals surface area contributed by atoms with Crippen molar-refractivity contribution in [3.63, 3.8) is 0 Å². The predicted molar refractivity (Wildman–Crippen MR) is 115 cm³/mol. The Hall–Kier alpha value is -3.74. The monoisotopic (exact) mass is 419 g/mol. The molecule has 2 unspecified atom stereocenters. The lowest BCUT2D eigenvalue weighted by molar-refractivity contribution is -0.135. The molecule has 1 aliphatic rings. The number of carbonyl (C=O) groups excluding carboxylic acids is 3. The molecule has 3 aromatic carbocycles. The predicted octanol–water partition coefficient (Wildman–Crippen LogP) is 3.62. The molecule has 7 heteroatoms. The van der Waals surface area contributed by atoms with Crippen LogP contribution >= 0.6 is 0 Å². The molecule has 0 aliphatic carbocycles. The van der Waals surface area contributed by atoms with E-state index in [2.05, 4.69) is 10.6 Å². The fraction of sp³-hybridized carbons (Fsp3) is 0.208. The lowest BCUT2D eigenvalue weighted by Crippen LogP contribution is -2.43. The van der Waals surface area contributed by atoms with Crippen molar-refractivity contribution in [3.8, 4) is 0 Å². The standard InChI is InChI=1S/C24H22FN3O3/c1-15(17-8-7-16-5-3-4-6-18(16)13-17)26-21(29)14-28-22(30)24(2,27-23(28)31)19-9-11-20(25)12-10-19/h3-13,15H,14H2,1-2H3,(H,26,29)(H,27,31). The van der Waals surface area contributed by atoms with Crippen molar-refractivity contribution < 1.29 is 18.8 Å². The number of benzene rings is 3. The highest BCUT2D eigenvalue weighted by atomic mass is 19.1. The van der Waals surface area contributed by atoms with Gasteiger partial charge in [0.15, 0.2) is 0 Å². The summed E-state index contributed by atoms with van der Waals surface area (Å²) in [4.78, 5) is 38.8. The zero-order valence-corrected chi connectivity index (χ0v) is 17.2. The Morgan fingerprint density at radius 2 is 1.74 bits per heavy atom. The maximum atomic E-state index is 13.2. The Kier molecular flexibility index (Phi) is 5.19. The smallest absolute Gasteiger partial charge is 0.325 e. The molecular formula is C24H22FN3O3. The lowest BCUT2D eigenvalue weighted by Gasteiger charge is -2.22. The minimum Gasteiger partial charge on any atom is -0.348 e. The Morgan fingerprint density at radius 3 is 2.45 bits per heavy atom. The van der Waals surface area contributed by atoms with Gasteiger partial charge in [0.1, 0.15) is 17.9 Å². The highest BCUT2D eigenvalue weighted by Gasteiger charge is 2.49. The molecule has 1 saturated heterocycles. The molecule has 158 valence electrons. The molecule has 1 heterocycles. The van der Waals surface area contributed by atoms with Gasteiger partial charge in [-0.3, -0.25) is 14.5 Å². The molecule has 6 nitrogen and oxygen atoms in total. The molecule has 3 aromatic rings. The van der Waals surface area contributed by atoms with Crippen molar-refractivity contribution in [1.82, 2.24) is 15.5 Å². The van der Waals surface area contributed by atoms with Gasteiger partial charge in [-0.1, -0.05) is 48.5 Å². The Balaban J connectivity index is 1.45. The van der Waals surface area contributed by atoms with Gasteiger partial charge in [-0.2, -0.15) is 0 Å². The van der Waals surface area contributed by atoms with Gasteiger partial charge in [-0.15, -0.1) is 0 Å². The number of fused-ring (bicyclic) bond motifs is 1. The topological polar surface area (TPSA) is 78.5 Å². The van der Waals surface area contributed by atoms with E-state index >= 15 is 0 Å². The SMILES string of the molecule is CC(NC(=O)CN1C(=O)NC(C)(c2ccc(F)cc2)C1=O)c1ccc2ccccc2c1. The van der Waals surface area contributed by atoms with E-state index in [0.29, 0.717) is 5.56 Å². The molecule has 31 heavy (non-hydrogen) atoms. The van der Waals surface area contributed by atoms with Crippen molar-refractivity contribution in [1.29, 1.82) is 0 Å². The van der Waals surface area contributed by atoms with Gasteiger partial charge in [-0.25, -0.2) is 9.18 Å². The number of amides is 4. The molecule has 1 aliphatic heterocycles. The number of carbonyl (C=O) groups is 3. The summed E-state index contributed by atoms with van der Waals surface area (Å²) in [7, 11) is 0. The maximum Gasteiger partial charge on any atom is 0.325 e.